The number of amides is 3. The van der Waals surface area contributed by atoms with Crippen LogP contribution < -0.4 is 11.1 Å². The predicted molar refractivity (Wildman–Crippen MR) is 70.7 cm³/mol. The van der Waals surface area contributed by atoms with Crippen LogP contribution in [0.25, 0.3) is 0 Å². The topological polar surface area (TPSA) is 142 Å². The standard InChI is InChI=1S/C11H10ClN3O6/c1-5(9(16)14-11(13)18)21-10(17)7-3-2-6(15(19)20)4-8(7)12/h2-5H,1H3,(H3,13,14,16,18). The van der Waals surface area contributed by atoms with E-state index in [0.717, 1.165) is 18.2 Å². The van der Waals surface area contributed by atoms with Crippen LogP contribution >= 0.6 is 11.6 Å². The minimum atomic E-state index is -1.30. The van der Waals surface area contributed by atoms with Gasteiger partial charge in [0.25, 0.3) is 11.6 Å². The molecule has 1 rings (SSSR count). The van der Waals surface area contributed by atoms with E-state index in [0.29, 0.717) is 0 Å². The molecule has 9 nitrogen and oxygen atoms in total. The van der Waals surface area contributed by atoms with E-state index in [1.807, 2.05) is 0 Å². The van der Waals surface area contributed by atoms with E-state index in [2.05, 4.69) is 0 Å². The number of hydrogen-bond acceptors (Lipinski definition) is 6. The van der Waals surface area contributed by atoms with Crippen LogP contribution in [0.1, 0.15) is 17.3 Å². The number of nitro benzene ring substituents is 1. The quantitative estimate of drug-likeness (QED) is 0.482. The van der Waals surface area contributed by atoms with Crippen molar-refractivity contribution in [2.45, 2.75) is 13.0 Å². The molecule has 3 amide bonds. The van der Waals surface area contributed by atoms with E-state index >= 15 is 0 Å². The van der Waals surface area contributed by atoms with Gasteiger partial charge in [0.1, 0.15) is 0 Å². The molecule has 1 aromatic rings. The van der Waals surface area contributed by atoms with Crippen LogP contribution in [0.4, 0.5) is 10.5 Å². The Hall–Kier alpha value is -2.68. The van der Waals surface area contributed by atoms with Crippen molar-refractivity contribution in [1.82, 2.24) is 5.32 Å². The summed E-state index contributed by atoms with van der Waals surface area (Å²) in [5.74, 6) is -1.88. The van der Waals surface area contributed by atoms with E-state index in [1.54, 1.807) is 5.32 Å². The van der Waals surface area contributed by atoms with Crippen LogP contribution in [-0.2, 0) is 9.53 Å². The van der Waals surface area contributed by atoms with Crippen LogP contribution in [0, 0.1) is 10.1 Å². The first-order valence-electron chi connectivity index (χ1n) is 5.47. The maximum absolute atomic E-state index is 11.8. The molecule has 0 aromatic heterocycles. The number of rotatable bonds is 4. The number of hydrogen-bond donors (Lipinski definition) is 2. The van der Waals surface area contributed by atoms with Gasteiger partial charge < -0.3 is 10.5 Å². The Balaban J connectivity index is 2.83. The van der Waals surface area contributed by atoms with Gasteiger partial charge in [0.15, 0.2) is 6.10 Å². The molecule has 0 radical (unpaired) electrons. The van der Waals surface area contributed by atoms with Gasteiger partial charge in [0.2, 0.25) is 0 Å². The number of nitro groups is 1. The number of non-ortho nitro benzene ring substituents is 1. The molecule has 0 aliphatic rings. The van der Waals surface area contributed by atoms with Crippen molar-refractivity contribution in [2.24, 2.45) is 5.73 Å². The van der Waals surface area contributed by atoms with Crippen LogP contribution in [0.2, 0.25) is 5.02 Å². The second-order valence-electron chi connectivity index (χ2n) is 3.82. The monoisotopic (exact) mass is 315 g/mol. The largest absolute Gasteiger partial charge is 0.449 e. The molecule has 112 valence electrons. The lowest BCUT2D eigenvalue weighted by molar-refractivity contribution is -0.384. The maximum atomic E-state index is 11.8. The molecule has 0 saturated heterocycles. The molecule has 1 atom stereocenters. The molecule has 0 spiro atoms. The summed E-state index contributed by atoms with van der Waals surface area (Å²) in [5.41, 5.74) is 4.30. The Morgan fingerprint density at radius 1 is 1.43 bits per heavy atom. The van der Waals surface area contributed by atoms with Gasteiger partial charge in [-0.05, 0) is 13.0 Å². The molecule has 0 aliphatic carbocycles. The molecule has 0 fully saturated rings. The van der Waals surface area contributed by atoms with Crippen molar-refractivity contribution in [3.63, 3.8) is 0 Å². The number of primary amides is 1. The average Bonchev–Trinajstić information content (AvgIpc) is 2.37. The number of nitrogens with two attached hydrogens (primary N) is 1. The molecule has 3 N–H and O–H groups in total. The highest BCUT2D eigenvalue weighted by atomic mass is 35.5. The molecule has 0 heterocycles. The first-order chi connectivity index (χ1) is 9.72. The van der Waals surface area contributed by atoms with E-state index < -0.39 is 28.9 Å². The number of urea groups is 1. The third kappa shape index (κ3) is 4.42. The summed E-state index contributed by atoms with van der Waals surface area (Å²) in [6.07, 6.45) is -1.30. The van der Waals surface area contributed by atoms with Crippen LogP contribution in [0.15, 0.2) is 18.2 Å². The SMILES string of the molecule is CC(OC(=O)c1ccc([N+](=O)[O-])cc1Cl)C(=O)NC(N)=O. The summed E-state index contributed by atoms with van der Waals surface area (Å²) in [7, 11) is 0. The fourth-order valence-electron chi connectivity index (χ4n) is 1.28. The Morgan fingerprint density at radius 3 is 2.52 bits per heavy atom. The van der Waals surface area contributed by atoms with E-state index in [4.69, 9.17) is 22.1 Å². The second kappa shape index (κ2) is 6.66. The lowest BCUT2D eigenvalue weighted by Crippen LogP contribution is -2.42. The molecular weight excluding hydrogens is 306 g/mol. The minimum Gasteiger partial charge on any atom is -0.449 e. The van der Waals surface area contributed by atoms with Crippen molar-refractivity contribution < 1.29 is 24.0 Å². The van der Waals surface area contributed by atoms with Gasteiger partial charge >= 0.3 is 12.0 Å². The van der Waals surface area contributed by atoms with Gasteiger partial charge in [0, 0.05) is 12.1 Å². The highest BCUT2D eigenvalue weighted by Crippen LogP contribution is 2.23. The number of carbonyl (C=O) groups is 3. The van der Waals surface area contributed by atoms with Crippen molar-refractivity contribution in [3.8, 4) is 0 Å². The number of nitrogens with one attached hydrogen (secondary N) is 1. The molecule has 0 bridgehead atoms. The number of esters is 1. The fraction of sp³-hybridized carbons (Fsp3) is 0.182. The van der Waals surface area contributed by atoms with Crippen LogP contribution in [0.3, 0.4) is 0 Å². The molecule has 21 heavy (non-hydrogen) atoms. The summed E-state index contributed by atoms with van der Waals surface area (Å²) >= 11 is 5.74. The summed E-state index contributed by atoms with van der Waals surface area (Å²) in [4.78, 5) is 43.5. The Bertz CT molecular complexity index is 618. The van der Waals surface area contributed by atoms with Crippen LogP contribution in [-0.4, -0.2) is 28.9 Å². The summed E-state index contributed by atoms with van der Waals surface area (Å²) in [5, 5.41) is 12.1. The van der Waals surface area contributed by atoms with E-state index in [9.17, 15) is 24.5 Å². The van der Waals surface area contributed by atoms with Gasteiger partial charge in [0.05, 0.1) is 15.5 Å². The fourth-order valence-corrected chi connectivity index (χ4v) is 1.54. The average molecular weight is 316 g/mol. The number of ether oxygens (including phenoxy) is 1. The molecule has 0 saturated carbocycles. The minimum absolute atomic E-state index is 0.152. The lowest BCUT2D eigenvalue weighted by Gasteiger charge is -2.12. The Kier molecular flexibility index (Phi) is 5.19. The zero-order chi connectivity index (χ0) is 16.2. The molecule has 1 aromatic carbocycles. The van der Waals surface area contributed by atoms with Gasteiger partial charge in [-0.3, -0.25) is 20.2 Å². The first-order valence-corrected chi connectivity index (χ1v) is 5.85. The number of carbonyl (C=O) groups excluding carboxylic acids is 3. The van der Waals surface area contributed by atoms with Crippen molar-refractivity contribution in [1.29, 1.82) is 0 Å². The molecule has 0 aliphatic heterocycles. The second-order valence-corrected chi connectivity index (χ2v) is 4.23. The molecule has 10 heteroatoms. The summed E-state index contributed by atoms with van der Waals surface area (Å²) < 4.78 is 4.77. The van der Waals surface area contributed by atoms with Gasteiger partial charge in [-0.1, -0.05) is 11.6 Å². The Morgan fingerprint density at radius 2 is 2.05 bits per heavy atom. The van der Waals surface area contributed by atoms with E-state index in [-0.39, 0.29) is 16.3 Å². The zero-order valence-corrected chi connectivity index (χ0v) is 11.4. The van der Waals surface area contributed by atoms with Gasteiger partial charge in [-0.2, -0.15) is 0 Å². The predicted octanol–water partition coefficient (Wildman–Crippen LogP) is 0.988. The van der Waals surface area contributed by atoms with E-state index in [1.165, 1.54) is 6.92 Å². The number of imide groups is 1. The van der Waals surface area contributed by atoms with Gasteiger partial charge in [-0.25, -0.2) is 9.59 Å². The highest BCUT2D eigenvalue weighted by Gasteiger charge is 2.22. The molecular formula is C11H10ClN3O6. The molecule has 1 unspecified atom stereocenters. The van der Waals surface area contributed by atoms with Crippen LogP contribution in [0.5, 0.6) is 0 Å². The number of benzene rings is 1. The van der Waals surface area contributed by atoms with Gasteiger partial charge in [-0.15, -0.1) is 0 Å². The number of nitrogens with zero attached hydrogens (tertiary/aromatic N) is 1. The van der Waals surface area contributed by atoms with Crippen molar-refractivity contribution in [3.05, 3.63) is 38.9 Å². The highest BCUT2D eigenvalue weighted by molar-refractivity contribution is 6.33. The smallest absolute Gasteiger partial charge is 0.340 e. The maximum Gasteiger partial charge on any atom is 0.340 e. The lowest BCUT2D eigenvalue weighted by atomic mass is 10.2. The number of halogens is 1. The zero-order valence-electron chi connectivity index (χ0n) is 10.7. The van der Waals surface area contributed by atoms with Crippen molar-refractivity contribution in [2.75, 3.05) is 0 Å². The third-order valence-electron chi connectivity index (χ3n) is 2.28. The first kappa shape index (κ1) is 16.4. The Labute approximate surface area is 123 Å². The summed E-state index contributed by atoms with van der Waals surface area (Å²) in [6.45, 7) is 1.22. The van der Waals surface area contributed by atoms with Crippen molar-refractivity contribution >= 4 is 35.2 Å². The normalized spacial score (nSPS) is 11.3. The third-order valence-corrected chi connectivity index (χ3v) is 2.60. The summed E-state index contributed by atoms with van der Waals surface area (Å²) in [6, 6.07) is 2.06.